The number of hydrazone groups is 1. The van der Waals surface area contributed by atoms with Gasteiger partial charge in [-0.05, 0) is 30.9 Å². The van der Waals surface area contributed by atoms with Gasteiger partial charge in [-0.2, -0.15) is 5.10 Å². The Morgan fingerprint density at radius 2 is 2.00 bits per heavy atom. The summed E-state index contributed by atoms with van der Waals surface area (Å²) < 4.78 is 0. The summed E-state index contributed by atoms with van der Waals surface area (Å²) in [6, 6.07) is 6.80. The largest absolute Gasteiger partial charge is 0.478 e. The van der Waals surface area contributed by atoms with Gasteiger partial charge in [0.2, 0.25) is 0 Å². The average molecular weight is 246 g/mol. The normalized spacial score (nSPS) is 16.9. The molecule has 1 aromatic carbocycles. The molecule has 4 nitrogen and oxygen atoms in total. The van der Waals surface area contributed by atoms with E-state index in [1.54, 1.807) is 24.3 Å². The highest BCUT2D eigenvalue weighted by atomic mass is 16.4. The number of aromatic carboxylic acids is 1. The molecule has 0 aromatic heterocycles. The fraction of sp³-hybridized carbons (Fsp3) is 0.429. The zero-order valence-electron chi connectivity index (χ0n) is 10.3. The Kier molecular flexibility index (Phi) is 4.34. The second-order valence-corrected chi connectivity index (χ2v) is 4.64. The SMILES string of the molecule is O=C(O)c1ccccc1N/N=C/C1CCCCC1. The minimum Gasteiger partial charge on any atom is -0.478 e. The van der Waals surface area contributed by atoms with E-state index in [1.165, 1.54) is 32.1 Å². The molecule has 18 heavy (non-hydrogen) atoms. The van der Waals surface area contributed by atoms with Crippen molar-refractivity contribution in [2.45, 2.75) is 32.1 Å². The third-order valence-corrected chi connectivity index (χ3v) is 3.28. The van der Waals surface area contributed by atoms with Gasteiger partial charge in [0, 0.05) is 6.21 Å². The fourth-order valence-electron chi connectivity index (χ4n) is 2.26. The molecule has 0 spiro atoms. The van der Waals surface area contributed by atoms with Crippen molar-refractivity contribution in [1.29, 1.82) is 0 Å². The van der Waals surface area contributed by atoms with Gasteiger partial charge in [-0.15, -0.1) is 0 Å². The lowest BCUT2D eigenvalue weighted by Crippen LogP contribution is -2.09. The smallest absolute Gasteiger partial charge is 0.337 e. The van der Waals surface area contributed by atoms with E-state index in [4.69, 9.17) is 5.11 Å². The van der Waals surface area contributed by atoms with Crippen molar-refractivity contribution < 1.29 is 9.90 Å². The lowest BCUT2D eigenvalue weighted by molar-refractivity contribution is 0.0698. The summed E-state index contributed by atoms with van der Waals surface area (Å²) in [6.07, 6.45) is 8.14. The molecule has 2 N–H and O–H groups in total. The molecule has 0 amide bonds. The Hall–Kier alpha value is -1.84. The van der Waals surface area contributed by atoms with Gasteiger partial charge in [0.05, 0.1) is 11.3 Å². The standard InChI is InChI=1S/C14H18N2O2/c17-14(18)12-8-4-5-9-13(12)16-15-10-11-6-2-1-3-7-11/h4-5,8-11,16H,1-3,6-7H2,(H,17,18)/b15-10+. The van der Waals surface area contributed by atoms with Crippen molar-refractivity contribution in [1.82, 2.24) is 0 Å². The second kappa shape index (κ2) is 6.19. The number of para-hydroxylation sites is 1. The Labute approximate surface area is 107 Å². The first-order valence-electron chi connectivity index (χ1n) is 6.39. The van der Waals surface area contributed by atoms with Gasteiger partial charge >= 0.3 is 5.97 Å². The van der Waals surface area contributed by atoms with Crippen LogP contribution >= 0.6 is 0 Å². The van der Waals surface area contributed by atoms with E-state index in [-0.39, 0.29) is 5.56 Å². The van der Waals surface area contributed by atoms with Gasteiger partial charge in [0.15, 0.2) is 0 Å². The Morgan fingerprint density at radius 3 is 2.72 bits per heavy atom. The third kappa shape index (κ3) is 3.32. The number of rotatable bonds is 4. The maximum atomic E-state index is 11.0. The van der Waals surface area contributed by atoms with E-state index in [0.29, 0.717) is 11.6 Å². The summed E-state index contributed by atoms with van der Waals surface area (Å²) in [7, 11) is 0. The number of nitrogens with zero attached hydrogens (tertiary/aromatic N) is 1. The Bertz CT molecular complexity index is 437. The number of benzene rings is 1. The molecular weight excluding hydrogens is 228 g/mol. The number of anilines is 1. The molecule has 0 bridgehead atoms. The first-order valence-corrected chi connectivity index (χ1v) is 6.39. The fourth-order valence-corrected chi connectivity index (χ4v) is 2.26. The molecule has 2 rings (SSSR count). The topological polar surface area (TPSA) is 61.7 Å². The summed E-state index contributed by atoms with van der Waals surface area (Å²) in [5.41, 5.74) is 3.62. The van der Waals surface area contributed by atoms with Crippen LogP contribution in [0.4, 0.5) is 5.69 Å². The summed E-state index contributed by atoms with van der Waals surface area (Å²) in [6.45, 7) is 0. The number of hydrogen-bond acceptors (Lipinski definition) is 3. The minimum atomic E-state index is -0.939. The van der Waals surface area contributed by atoms with Gasteiger partial charge < -0.3 is 5.11 Å². The molecule has 1 aliphatic carbocycles. The quantitative estimate of drug-likeness (QED) is 0.632. The summed E-state index contributed by atoms with van der Waals surface area (Å²) in [4.78, 5) is 11.0. The van der Waals surface area contributed by atoms with Crippen LogP contribution in [0.2, 0.25) is 0 Å². The summed E-state index contributed by atoms with van der Waals surface area (Å²) >= 11 is 0. The van der Waals surface area contributed by atoms with Crippen molar-refractivity contribution in [2.75, 3.05) is 5.43 Å². The highest BCUT2D eigenvalue weighted by molar-refractivity contribution is 5.94. The van der Waals surface area contributed by atoms with Crippen LogP contribution < -0.4 is 5.43 Å². The predicted octanol–water partition coefficient (Wildman–Crippen LogP) is 3.36. The zero-order chi connectivity index (χ0) is 12.8. The number of nitrogens with one attached hydrogen (secondary N) is 1. The van der Waals surface area contributed by atoms with E-state index >= 15 is 0 Å². The molecule has 96 valence electrons. The minimum absolute atomic E-state index is 0.248. The molecule has 0 radical (unpaired) electrons. The number of carbonyl (C=O) groups is 1. The summed E-state index contributed by atoms with van der Waals surface area (Å²) in [5.74, 6) is -0.408. The molecule has 4 heteroatoms. The highest BCUT2D eigenvalue weighted by Gasteiger charge is 2.11. The van der Waals surface area contributed by atoms with Crippen LogP contribution in [0.15, 0.2) is 29.4 Å². The van der Waals surface area contributed by atoms with Gasteiger partial charge in [0.25, 0.3) is 0 Å². The van der Waals surface area contributed by atoms with E-state index in [2.05, 4.69) is 10.5 Å². The third-order valence-electron chi connectivity index (χ3n) is 3.28. The first-order chi connectivity index (χ1) is 8.77. The Morgan fingerprint density at radius 1 is 1.28 bits per heavy atom. The molecule has 0 heterocycles. The van der Waals surface area contributed by atoms with E-state index in [9.17, 15) is 4.79 Å². The van der Waals surface area contributed by atoms with Gasteiger partial charge in [-0.1, -0.05) is 31.4 Å². The molecule has 1 saturated carbocycles. The van der Waals surface area contributed by atoms with Crippen LogP contribution in [-0.2, 0) is 0 Å². The van der Waals surface area contributed by atoms with Crippen molar-refractivity contribution in [2.24, 2.45) is 11.0 Å². The van der Waals surface area contributed by atoms with Crippen LogP contribution in [0.1, 0.15) is 42.5 Å². The van der Waals surface area contributed by atoms with Gasteiger partial charge in [-0.25, -0.2) is 4.79 Å². The van der Waals surface area contributed by atoms with Crippen molar-refractivity contribution >= 4 is 17.9 Å². The molecule has 0 unspecified atom stereocenters. The molecule has 0 aliphatic heterocycles. The van der Waals surface area contributed by atoms with Crippen LogP contribution in [0.5, 0.6) is 0 Å². The van der Waals surface area contributed by atoms with Crippen molar-refractivity contribution in [3.8, 4) is 0 Å². The van der Waals surface area contributed by atoms with Gasteiger partial charge in [0.1, 0.15) is 0 Å². The molecule has 1 fully saturated rings. The Balaban J connectivity index is 1.97. The van der Waals surface area contributed by atoms with Crippen LogP contribution in [0.25, 0.3) is 0 Å². The molecule has 0 atom stereocenters. The molecular formula is C14H18N2O2. The number of hydrogen-bond donors (Lipinski definition) is 2. The van der Waals surface area contributed by atoms with E-state index in [0.717, 1.165) is 0 Å². The lowest BCUT2D eigenvalue weighted by atomic mass is 9.90. The maximum absolute atomic E-state index is 11.0. The lowest BCUT2D eigenvalue weighted by Gasteiger charge is -2.16. The molecule has 0 saturated heterocycles. The highest BCUT2D eigenvalue weighted by Crippen LogP contribution is 2.22. The number of carboxylic acids is 1. The number of carboxylic acid groups (broad SMARTS) is 1. The van der Waals surface area contributed by atoms with Crippen LogP contribution in [0, 0.1) is 5.92 Å². The molecule has 1 aromatic rings. The monoisotopic (exact) mass is 246 g/mol. The zero-order valence-corrected chi connectivity index (χ0v) is 10.3. The predicted molar refractivity (Wildman–Crippen MR) is 72.1 cm³/mol. The summed E-state index contributed by atoms with van der Waals surface area (Å²) in [5, 5.41) is 13.2. The van der Waals surface area contributed by atoms with E-state index < -0.39 is 5.97 Å². The second-order valence-electron chi connectivity index (χ2n) is 4.64. The van der Waals surface area contributed by atoms with E-state index in [1.807, 2.05) is 6.21 Å². The maximum Gasteiger partial charge on any atom is 0.337 e. The van der Waals surface area contributed by atoms with Gasteiger partial charge in [-0.3, -0.25) is 5.43 Å². The average Bonchev–Trinajstić information content (AvgIpc) is 2.40. The van der Waals surface area contributed by atoms with Crippen molar-refractivity contribution in [3.05, 3.63) is 29.8 Å². The van der Waals surface area contributed by atoms with Crippen molar-refractivity contribution in [3.63, 3.8) is 0 Å². The molecule has 1 aliphatic rings. The first kappa shape index (κ1) is 12.6. The van der Waals surface area contributed by atoms with Crippen LogP contribution in [0.3, 0.4) is 0 Å². The van der Waals surface area contributed by atoms with Crippen LogP contribution in [-0.4, -0.2) is 17.3 Å².